The van der Waals surface area contributed by atoms with Crippen molar-refractivity contribution in [2.75, 3.05) is 53.9 Å². The lowest BCUT2D eigenvalue weighted by molar-refractivity contribution is 0.215. The van der Waals surface area contributed by atoms with E-state index in [0.717, 1.165) is 37.9 Å². The van der Waals surface area contributed by atoms with E-state index in [4.69, 9.17) is 4.42 Å². The fourth-order valence-electron chi connectivity index (χ4n) is 3.65. The number of nitrogens with zero attached hydrogens (tertiary/aromatic N) is 3. The Morgan fingerprint density at radius 1 is 1.14 bits per heavy atom. The summed E-state index contributed by atoms with van der Waals surface area (Å²) in [6.45, 7) is 5.28. The highest BCUT2D eigenvalue weighted by Gasteiger charge is 2.25. The average molecular weight is 505 g/mol. The molecule has 2 heterocycles. The second-order valence-electron chi connectivity index (χ2n) is 7.73. The molecule has 162 valence electrons. The highest BCUT2D eigenvalue weighted by Crippen LogP contribution is 2.24. The molecule has 0 saturated carbocycles. The number of rotatable bonds is 12. The molecule has 1 atom stereocenters. The van der Waals surface area contributed by atoms with E-state index in [9.17, 15) is 0 Å². The van der Waals surface area contributed by atoms with Crippen LogP contribution in [0.2, 0.25) is 0 Å². The van der Waals surface area contributed by atoms with E-state index >= 15 is 0 Å². The third-order valence-electron chi connectivity index (χ3n) is 5.21. The van der Waals surface area contributed by atoms with Gasteiger partial charge in [0, 0.05) is 20.1 Å². The largest absolute Gasteiger partial charge is 0.468 e. The molecule has 6 nitrogen and oxygen atoms in total. The van der Waals surface area contributed by atoms with E-state index in [1.807, 2.05) is 13.1 Å². The first kappa shape index (κ1) is 25.2. The summed E-state index contributed by atoms with van der Waals surface area (Å²) < 4.78 is 5.69. The van der Waals surface area contributed by atoms with E-state index in [-0.39, 0.29) is 30.0 Å². The minimum atomic E-state index is 0. The van der Waals surface area contributed by atoms with Crippen molar-refractivity contribution in [3.8, 4) is 0 Å². The van der Waals surface area contributed by atoms with Gasteiger partial charge in [0.25, 0.3) is 0 Å². The van der Waals surface area contributed by atoms with Crippen molar-refractivity contribution < 1.29 is 4.42 Å². The summed E-state index contributed by atoms with van der Waals surface area (Å²) in [5, 5.41) is 6.94. The summed E-state index contributed by atoms with van der Waals surface area (Å²) in [5.74, 6) is 1.93. The lowest BCUT2D eigenvalue weighted by Gasteiger charge is -2.26. The topological polar surface area (TPSA) is 56.0 Å². The van der Waals surface area contributed by atoms with Gasteiger partial charge >= 0.3 is 0 Å². The summed E-state index contributed by atoms with van der Waals surface area (Å²) in [6, 6.07) is 4.33. The fraction of sp³-hybridized carbons (Fsp3) is 0.762. The molecule has 1 unspecified atom stereocenters. The predicted octanol–water partition coefficient (Wildman–Crippen LogP) is 3.71. The van der Waals surface area contributed by atoms with Crippen LogP contribution in [0.4, 0.5) is 0 Å². The number of likely N-dealkylation sites (tertiary alicyclic amines) is 1. The van der Waals surface area contributed by atoms with Crippen LogP contribution in [0, 0.1) is 0 Å². The Labute approximate surface area is 188 Å². The van der Waals surface area contributed by atoms with Crippen LogP contribution >= 0.6 is 24.0 Å². The first-order chi connectivity index (χ1) is 13.2. The van der Waals surface area contributed by atoms with Gasteiger partial charge in [-0.15, -0.1) is 24.0 Å². The van der Waals surface area contributed by atoms with Crippen molar-refractivity contribution in [3.05, 3.63) is 24.2 Å². The zero-order chi connectivity index (χ0) is 19.3. The maximum atomic E-state index is 5.69. The Morgan fingerprint density at radius 3 is 2.50 bits per heavy atom. The minimum absolute atomic E-state index is 0. The van der Waals surface area contributed by atoms with Gasteiger partial charge in [0.15, 0.2) is 5.96 Å². The number of halogens is 1. The summed E-state index contributed by atoms with van der Waals surface area (Å²) >= 11 is 0. The third-order valence-corrected chi connectivity index (χ3v) is 5.21. The summed E-state index contributed by atoms with van der Waals surface area (Å²) in [7, 11) is 6.12. The smallest absolute Gasteiger partial charge is 0.191 e. The van der Waals surface area contributed by atoms with Crippen LogP contribution in [0.15, 0.2) is 27.8 Å². The van der Waals surface area contributed by atoms with Gasteiger partial charge in [0.1, 0.15) is 5.76 Å². The van der Waals surface area contributed by atoms with Crippen LogP contribution in [-0.4, -0.2) is 69.6 Å². The molecule has 1 saturated heterocycles. The van der Waals surface area contributed by atoms with Crippen molar-refractivity contribution in [2.45, 2.75) is 51.0 Å². The molecule has 1 aliphatic rings. The number of hydrogen-bond acceptors (Lipinski definition) is 4. The number of guanidine groups is 1. The van der Waals surface area contributed by atoms with E-state index in [1.165, 1.54) is 51.5 Å². The molecule has 1 fully saturated rings. The monoisotopic (exact) mass is 505 g/mol. The maximum Gasteiger partial charge on any atom is 0.191 e. The first-order valence-electron chi connectivity index (χ1n) is 10.6. The third kappa shape index (κ3) is 9.60. The standard InChI is InChI=1S/C21H39N5O.HI/c1-22-21(23-13-7-5-4-6-8-14-25(2)3)24-18-19(20-12-11-17-27-20)26-15-9-10-16-26;/h11-12,17,19H,4-10,13-16,18H2,1-3H3,(H2,22,23,24);1H. The van der Waals surface area contributed by atoms with Gasteiger partial charge in [-0.05, 0) is 71.5 Å². The molecule has 7 heteroatoms. The zero-order valence-electron chi connectivity index (χ0n) is 18.0. The summed E-state index contributed by atoms with van der Waals surface area (Å²) in [5.41, 5.74) is 0. The highest BCUT2D eigenvalue weighted by atomic mass is 127. The van der Waals surface area contributed by atoms with E-state index in [1.54, 1.807) is 6.26 Å². The van der Waals surface area contributed by atoms with Crippen LogP contribution in [0.5, 0.6) is 0 Å². The molecule has 1 aromatic rings. The first-order valence-corrected chi connectivity index (χ1v) is 10.6. The highest BCUT2D eigenvalue weighted by molar-refractivity contribution is 14.0. The summed E-state index contributed by atoms with van der Waals surface area (Å²) in [6.07, 6.45) is 10.7. The Morgan fingerprint density at radius 2 is 1.86 bits per heavy atom. The summed E-state index contributed by atoms with van der Waals surface area (Å²) in [4.78, 5) is 9.14. The average Bonchev–Trinajstić information content (AvgIpc) is 3.36. The van der Waals surface area contributed by atoms with Crippen molar-refractivity contribution in [1.29, 1.82) is 0 Å². The second-order valence-corrected chi connectivity index (χ2v) is 7.73. The number of furan rings is 1. The quantitative estimate of drug-likeness (QED) is 0.196. The van der Waals surface area contributed by atoms with Crippen LogP contribution in [-0.2, 0) is 0 Å². The number of unbranched alkanes of at least 4 members (excludes halogenated alkanes) is 4. The van der Waals surface area contributed by atoms with Gasteiger partial charge in [0.05, 0.1) is 12.3 Å². The van der Waals surface area contributed by atoms with Crippen LogP contribution < -0.4 is 10.6 Å². The molecule has 28 heavy (non-hydrogen) atoms. The normalized spacial score (nSPS) is 16.2. The molecular weight excluding hydrogens is 465 g/mol. The lowest BCUT2D eigenvalue weighted by atomic mass is 10.1. The zero-order valence-corrected chi connectivity index (χ0v) is 20.3. The molecule has 1 aromatic heterocycles. The van der Waals surface area contributed by atoms with Crippen LogP contribution in [0.1, 0.15) is 56.7 Å². The minimum Gasteiger partial charge on any atom is -0.468 e. The number of aliphatic imine (C=N–C) groups is 1. The van der Waals surface area contributed by atoms with Gasteiger partial charge in [-0.25, -0.2) is 0 Å². The van der Waals surface area contributed by atoms with Gasteiger partial charge < -0.3 is 20.0 Å². The van der Waals surface area contributed by atoms with E-state index in [0.29, 0.717) is 0 Å². The van der Waals surface area contributed by atoms with Gasteiger partial charge in [-0.3, -0.25) is 9.89 Å². The Kier molecular flexibility index (Phi) is 13.6. The maximum absolute atomic E-state index is 5.69. The van der Waals surface area contributed by atoms with E-state index in [2.05, 4.69) is 45.6 Å². The van der Waals surface area contributed by atoms with Gasteiger partial charge in [-0.1, -0.05) is 19.3 Å². The SMILES string of the molecule is CN=C(NCCCCCCCN(C)C)NCC(c1ccco1)N1CCCC1.I. The van der Waals surface area contributed by atoms with Crippen molar-refractivity contribution in [1.82, 2.24) is 20.4 Å². The molecule has 0 bridgehead atoms. The van der Waals surface area contributed by atoms with Crippen molar-refractivity contribution in [2.24, 2.45) is 4.99 Å². The molecule has 0 amide bonds. The van der Waals surface area contributed by atoms with E-state index < -0.39 is 0 Å². The van der Waals surface area contributed by atoms with Crippen molar-refractivity contribution >= 4 is 29.9 Å². The Hall–Kier alpha value is -0.800. The molecule has 2 N–H and O–H groups in total. The van der Waals surface area contributed by atoms with Gasteiger partial charge in [0.2, 0.25) is 0 Å². The Balaban J connectivity index is 0.00000392. The molecule has 2 rings (SSSR count). The molecule has 1 aliphatic heterocycles. The fourth-order valence-corrected chi connectivity index (χ4v) is 3.65. The molecule has 0 aromatic carbocycles. The molecular formula is C21H40IN5O. The predicted molar refractivity (Wildman–Crippen MR) is 129 cm³/mol. The van der Waals surface area contributed by atoms with Gasteiger partial charge in [-0.2, -0.15) is 0 Å². The second kappa shape index (κ2) is 15.1. The van der Waals surface area contributed by atoms with Crippen LogP contribution in [0.3, 0.4) is 0 Å². The Bertz CT molecular complexity index is 515. The van der Waals surface area contributed by atoms with Crippen molar-refractivity contribution in [3.63, 3.8) is 0 Å². The van der Waals surface area contributed by atoms with Crippen LogP contribution in [0.25, 0.3) is 0 Å². The number of nitrogens with one attached hydrogen (secondary N) is 2. The molecule has 0 radical (unpaired) electrons. The molecule has 0 spiro atoms. The number of hydrogen-bond donors (Lipinski definition) is 2. The lowest BCUT2D eigenvalue weighted by Crippen LogP contribution is -2.42. The molecule has 0 aliphatic carbocycles.